The van der Waals surface area contributed by atoms with E-state index in [2.05, 4.69) is 9.80 Å². The summed E-state index contributed by atoms with van der Waals surface area (Å²) >= 11 is 0. The van der Waals surface area contributed by atoms with E-state index in [1.165, 1.54) is 5.56 Å². The molecule has 0 spiro atoms. The zero-order chi connectivity index (χ0) is 14.2. The Labute approximate surface area is 124 Å². The van der Waals surface area contributed by atoms with Crippen molar-refractivity contribution in [3.8, 4) is 0 Å². The fraction of sp³-hybridized carbons (Fsp3) is 0.688. The molecule has 21 heavy (non-hydrogen) atoms. The van der Waals surface area contributed by atoms with E-state index in [1.54, 1.807) is 6.26 Å². The van der Waals surface area contributed by atoms with Crippen molar-refractivity contribution in [2.45, 2.75) is 38.0 Å². The van der Waals surface area contributed by atoms with Crippen LogP contribution in [0.15, 0.2) is 23.0 Å². The van der Waals surface area contributed by atoms with Crippen LogP contribution < -0.4 is 0 Å². The van der Waals surface area contributed by atoms with E-state index in [-0.39, 0.29) is 12.0 Å². The highest BCUT2D eigenvalue weighted by Gasteiger charge is 2.43. The predicted octanol–water partition coefficient (Wildman–Crippen LogP) is 1.49. The molecule has 5 nitrogen and oxygen atoms in total. The lowest BCUT2D eigenvalue weighted by atomic mass is 9.99. The van der Waals surface area contributed by atoms with E-state index < -0.39 is 0 Å². The SMILES string of the molecule is O=C([C@@H]1CCCO1)N1CC2CC1CN(Cc1ccoc1)C2. The Balaban J connectivity index is 1.41. The third-order valence-electron chi connectivity index (χ3n) is 4.96. The van der Waals surface area contributed by atoms with Gasteiger partial charge >= 0.3 is 0 Å². The third kappa shape index (κ3) is 2.60. The van der Waals surface area contributed by atoms with Crippen LogP contribution in [0.2, 0.25) is 0 Å². The maximum absolute atomic E-state index is 12.6. The van der Waals surface area contributed by atoms with Gasteiger partial charge in [-0.1, -0.05) is 0 Å². The van der Waals surface area contributed by atoms with Crippen molar-refractivity contribution in [3.63, 3.8) is 0 Å². The highest BCUT2D eigenvalue weighted by molar-refractivity contribution is 5.81. The second-order valence-corrected chi connectivity index (χ2v) is 6.57. The Hall–Kier alpha value is -1.33. The Kier molecular flexibility index (Phi) is 3.47. The van der Waals surface area contributed by atoms with Crippen molar-refractivity contribution in [2.75, 3.05) is 26.2 Å². The van der Waals surface area contributed by atoms with Crippen LogP contribution in [0.3, 0.4) is 0 Å². The molecule has 0 aromatic carbocycles. The summed E-state index contributed by atoms with van der Waals surface area (Å²) in [7, 11) is 0. The lowest BCUT2D eigenvalue weighted by Crippen LogP contribution is -2.46. The number of nitrogens with zero attached hydrogens (tertiary/aromatic N) is 2. The Morgan fingerprint density at radius 3 is 3.05 bits per heavy atom. The van der Waals surface area contributed by atoms with Crippen molar-refractivity contribution in [3.05, 3.63) is 24.2 Å². The van der Waals surface area contributed by atoms with Crippen LogP contribution in [0.5, 0.6) is 0 Å². The van der Waals surface area contributed by atoms with Crippen molar-refractivity contribution >= 4 is 5.91 Å². The molecule has 0 radical (unpaired) electrons. The Morgan fingerprint density at radius 2 is 2.29 bits per heavy atom. The number of hydrogen-bond donors (Lipinski definition) is 0. The molecular formula is C16H22N2O3. The Morgan fingerprint density at radius 1 is 1.33 bits per heavy atom. The zero-order valence-corrected chi connectivity index (χ0v) is 12.2. The summed E-state index contributed by atoms with van der Waals surface area (Å²) in [4.78, 5) is 17.1. The van der Waals surface area contributed by atoms with Crippen LogP contribution in [0.1, 0.15) is 24.8 Å². The molecule has 3 aliphatic heterocycles. The fourth-order valence-corrected chi connectivity index (χ4v) is 4.05. The van der Waals surface area contributed by atoms with Crippen molar-refractivity contribution < 1.29 is 13.9 Å². The molecule has 5 heteroatoms. The predicted molar refractivity (Wildman–Crippen MR) is 76.6 cm³/mol. The van der Waals surface area contributed by atoms with Crippen LogP contribution in [-0.4, -0.2) is 54.1 Å². The summed E-state index contributed by atoms with van der Waals surface area (Å²) in [6.45, 7) is 4.62. The van der Waals surface area contributed by atoms with Gasteiger partial charge in [0.15, 0.2) is 0 Å². The van der Waals surface area contributed by atoms with Crippen LogP contribution in [0.25, 0.3) is 0 Å². The summed E-state index contributed by atoms with van der Waals surface area (Å²) in [6, 6.07) is 2.39. The average molecular weight is 290 g/mol. The molecule has 3 atom stereocenters. The molecule has 0 N–H and O–H groups in total. The minimum absolute atomic E-state index is 0.174. The van der Waals surface area contributed by atoms with Gasteiger partial charge in [-0.2, -0.15) is 0 Å². The number of fused-ring (bicyclic) bond motifs is 2. The van der Waals surface area contributed by atoms with Crippen LogP contribution >= 0.6 is 0 Å². The van der Waals surface area contributed by atoms with Gasteiger partial charge in [-0.3, -0.25) is 9.69 Å². The second-order valence-electron chi connectivity index (χ2n) is 6.57. The van der Waals surface area contributed by atoms with Crippen molar-refractivity contribution in [1.82, 2.24) is 9.80 Å². The molecule has 2 bridgehead atoms. The number of likely N-dealkylation sites (tertiary alicyclic amines) is 2. The first-order valence-electron chi connectivity index (χ1n) is 7.95. The van der Waals surface area contributed by atoms with Crippen LogP contribution in [-0.2, 0) is 16.1 Å². The molecular weight excluding hydrogens is 268 g/mol. The monoisotopic (exact) mass is 290 g/mol. The van der Waals surface area contributed by atoms with Gasteiger partial charge < -0.3 is 14.1 Å². The number of furan rings is 1. The minimum Gasteiger partial charge on any atom is -0.472 e. The number of carbonyl (C=O) groups is 1. The summed E-state index contributed by atoms with van der Waals surface area (Å²) in [5.41, 5.74) is 1.22. The third-order valence-corrected chi connectivity index (χ3v) is 4.96. The molecule has 3 aliphatic rings. The zero-order valence-electron chi connectivity index (χ0n) is 12.2. The van der Waals surface area contributed by atoms with Gasteiger partial charge in [0.2, 0.25) is 0 Å². The molecule has 3 saturated heterocycles. The highest BCUT2D eigenvalue weighted by Crippen LogP contribution is 2.32. The summed E-state index contributed by atoms with van der Waals surface area (Å²) in [6.07, 6.45) is 6.43. The molecule has 4 rings (SSSR count). The van der Waals surface area contributed by atoms with Crippen molar-refractivity contribution in [2.24, 2.45) is 5.92 Å². The standard InChI is InChI=1S/C16H22N2O3/c19-16(15-2-1-4-21-15)18-9-13-6-14(18)10-17(8-13)7-12-3-5-20-11-12/h3,5,11,13-15H,1-2,4,6-10H2/t13?,14?,15-/m0/s1. The molecule has 2 unspecified atom stereocenters. The summed E-state index contributed by atoms with van der Waals surface area (Å²) in [5.74, 6) is 0.839. The van der Waals surface area contributed by atoms with Gasteiger partial charge in [0.05, 0.1) is 12.5 Å². The largest absolute Gasteiger partial charge is 0.472 e. The van der Waals surface area contributed by atoms with Gasteiger partial charge in [-0.15, -0.1) is 0 Å². The normalized spacial score (nSPS) is 32.8. The molecule has 0 saturated carbocycles. The quantitative estimate of drug-likeness (QED) is 0.846. The number of piperidine rings is 1. The van der Waals surface area contributed by atoms with E-state index in [0.29, 0.717) is 12.0 Å². The maximum Gasteiger partial charge on any atom is 0.252 e. The number of rotatable bonds is 3. The summed E-state index contributed by atoms with van der Waals surface area (Å²) in [5, 5.41) is 0. The van der Waals surface area contributed by atoms with Crippen LogP contribution in [0.4, 0.5) is 0 Å². The first-order chi connectivity index (χ1) is 10.3. The molecule has 0 aliphatic carbocycles. The van der Waals surface area contributed by atoms with E-state index >= 15 is 0 Å². The number of amides is 1. The maximum atomic E-state index is 12.6. The average Bonchev–Trinajstić information content (AvgIpc) is 3.19. The van der Waals surface area contributed by atoms with Gasteiger partial charge in [-0.25, -0.2) is 0 Å². The molecule has 114 valence electrons. The van der Waals surface area contributed by atoms with Crippen LogP contribution in [0, 0.1) is 5.92 Å². The van der Waals surface area contributed by atoms with E-state index in [1.807, 2.05) is 12.3 Å². The van der Waals surface area contributed by atoms with E-state index in [9.17, 15) is 4.79 Å². The van der Waals surface area contributed by atoms with Crippen molar-refractivity contribution in [1.29, 1.82) is 0 Å². The van der Waals surface area contributed by atoms with E-state index in [4.69, 9.17) is 9.15 Å². The smallest absolute Gasteiger partial charge is 0.252 e. The highest BCUT2D eigenvalue weighted by atomic mass is 16.5. The molecule has 3 fully saturated rings. The van der Waals surface area contributed by atoms with Gasteiger partial charge in [0.1, 0.15) is 6.10 Å². The topological polar surface area (TPSA) is 45.9 Å². The molecule has 1 aromatic heterocycles. The Bertz CT molecular complexity index is 496. The molecule has 1 amide bonds. The minimum atomic E-state index is -0.174. The van der Waals surface area contributed by atoms with E-state index in [0.717, 1.165) is 52.0 Å². The number of carbonyl (C=O) groups excluding carboxylic acids is 1. The first-order valence-corrected chi connectivity index (χ1v) is 7.95. The lowest BCUT2D eigenvalue weighted by Gasteiger charge is -2.33. The lowest BCUT2D eigenvalue weighted by molar-refractivity contribution is -0.141. The van der Waals surface area contributed by atoms with Gasteiger partial charge in [-0.05, 0) is 31.2 Å². The van der Waals surface area contributed by atoms with Gasteiger partial charge in [0, 0.05) is 44.4 Å². The first kappa shape index (κ1) is 13.3. The van der Waals surface area contributed by atoms with Gasteiger partial charge in [0.25, 0.3) is 5.91 Å². The second kappa shape index (κ2) is 5.46. The fourth-order valence-electron chi connectivity index (χ4n) is 4.05. The number of ether oxygens (including phenoxy) is 1. The number of hydrogen-bond acceptors (Lipinski definition) is 4. The molecule has 4 heterocycles. The summed E-state index contributed by atoms with van der Waals surface area (Å²) < 4.78 is 10.7. The molecule has 1 aromatic rings.